The molecule has 1 saturated heterocycles. The summed E-state index contributed by atoms with van der Waals surface area (Å²) in [4.78, 5) is 14.3. The molecule has 1 aliphatic heterocycles. The van der Waals surface area contributed by atoms with Crippen LogP contribution in [0.15, 0.2) is 18.3 Å². The van der Waals surface area contributed by atoms with Crippen molar-refractivity contribution >= 4 is 11.6 Å². The van der Waals surface area contributed by atoms with Gasteiger partial charge in [0.05, 0.1) is 5.69 Å². The number of fused-ring (bicyclic) bond motifs is 2. The van der Waals surface area contributed by atoms with Crippen LogP contribution in [0.25, 0.3) is 5.65 Å². The van der Waals surface area contributed by atoms with Gasteiger partial charge in [0.15, 0.2) is 11.5 Å². The summed E-state index contributed by atoms with van der Waals surface area (Å²) in [6.07, 6.45) is 6.66. The maximum absolute atomic E-state index is 12.4. The second kappa shape index (κ2) is 5.65. The Balaban J connectivity index is 1.36. The minimum Gasteiger partial charge on any atom is -0.337 e. The van der Waals surface area contributed by atoms with E-state index < -0.39 is 0 Å². The van der Waals surface area contributed by atoms with E-state index in [1.807, 2.05) is 9.42 Å². The van der Waals surface area contributed by atoms with Gasteiger partial charge >= 0.3 is 0 Å². The van der Waals surface area contributed by atoms with Crippen molar-refractivity contribution in [1.82, 2.24) is 34.9 Å². The van der Waals surface area contributed by atoms with Crippen molar-refractivity contribution in [3.05, 3.63) is 41.1 Å². The number of aromatic nitrogens is 6. The van der Waals surface area contributed by atoms with Crippen LogP contribution in [0.2, 0.25) is 0 Å². The number of aryl methyl sites for hydroxylation is 2. The SMILES string of the molecule is O=C(c1ccn[nH]1)N1CCC(c2nnc3cc4c(nn23)CCC4)CC1. The lowest BCUT2D eigenvalue weighted by Gasteiger charge is -2.30. The summed E-state index contributed by atoms with van der Waals surface area (Å²) in [5, 5.41) is 20.1. The fourth-order valence-electron chi connectivity index (χ4n) is 3.94. The molecule has 2 aliphatic rings. The Labute approximate surface area is 144 Å². The standard InChI is InChI=1S/C17H19N7O/c25-17(14-4-7-18-19-14)23-8-5-11(6-9-23)16-21-20-15-10-12-2-1-3-13(12)22-24(15)16/h4,7,10-11H,1-3,5-6,8-9H2,(H,18,19). The Kier molecular flexibility index (Phi) is 3.29. The average molecular weight is 337 g/mol. The molecule has 0 unspecified atom stereocenters. The number of amides is 1. The first-order valence-corrected chi connectivity index (χ1v) is 8.82. The van der Waals surface area contributed by atoms with E-state index in [1.165, 1.54) is 17.7 Å². The molecule has 1 amide bonds. The van der Waals surface area contributed by atoms with E-state index in [0.29, 0.717) is 18.8 Å². The minimum absolute atomic E-state index is 0.0120. The van der Waals surface area contributed by atoms with Gasteiger partial charge in [-0.2, -0.15) is 14.7 Å². The summed E-state index contributed by atoms with van der Waals surface area (Å²) >= 11 is 0. The van der Waals surface area contributed by atoms with E-state index >= 15 is 0 Å². The summed E-state index contributed by atoms with van der Waals surface area (Å²) in [7, 11) is 0. The number of likely N-dealkylation sites (tertiary alicyclic amines) is 1. The first kappa shape index (κ1) is 14.6. The molecule has 0 spiro atoms. The number of piperidine rings is 1. The summed E-state index contributed by atoms with van der Waals surface area (Å²) in [6.45, 7) is 1.42. The van der Waals surface area contributed by atoms with Crippen LogP contribution in [0.4, 0.5) is 0 Å². The lowest BCUT2D eigenvalue weighted by atomic mass is 9.96. The highest BCUT2D eigenvalue weighted by Gasteiger charge is 2.28. The number of carbonyl (C=O) groups is 1. The molecular weight excluding hydrogens is 318 g/mol. The summed E-state index contributed by atoms with van der Waals surface area (Å²) in [5.74, 6) is 1.23. The highest BCUT2D eigenvalue weighted by atomic mass is 16.2. The molecule has 0 radical (unpaired) electrons. The predicted molar refractivity (Wildman–Crippen MR) is 89.3 cm³/mol. The molecule has 3 aromatic heterocycles. The summed E-state index contributed by atoms with van der Waals surface area (Å²) < 4.78 is 1.92. The molecule has 0 bridgehead atoms. The molecule has 0 aromatic carbocycles. The predicted octanol–water partition coefficient (Wildman–Crippen LogP) is 1.36. The molecule has 1 fully saturated rings. The van der Waals surface area contributed by atoms with Gasteiger partial charge in [-0.1, -0.05) is 0 Å². The fraction of sp³-hybridized carbons (Fsp3) is 0.471. The Morgan fingerprint density at radius 3 is 2.88 bits per heavy atom. The van der Waals surface area contributed by atoms with Gasteiger partial charge in [0.2, 0.25) is 0 Å². The van der Waals surface area contributed by atoms with E-state index in [0.717, 1.165) is 37.2 Å². The number of hydrogen-bond donors (Lipinski definition) is 1. The van der Waals surface area contributed by atoms with Crippen LogP contribution in [-0.2, 0) is 12.8 Å². The van der Waals surface area contributed by atoms with Gasteiger partial charge in [-0.25, -0.2) is 0 Å². The molecule has 3 aromatic rings. The van der Waals surface area contributed by atoms with Crippen molar-refractivity contribution in [3.63, 3.8) is 0 Å². The Morgan fingerprint density at radius 1 is 1.20 bits per heavy atom. The molecule has 0 saturated carbocycles. The monoisotopic (exact) mass is 337 g/mol. The lowest BCUT2D eigenvalue weighted by Crippen LogP contribution is -2.38. The number of hydrogen-bond acceptors (Lipinski definition) is 5. The van der Waals surface area contributed by atoms with E-state index in [-0.39, 0.29) is 11.8 Å². The maximum atomic E-state index is 12.4. The van der Waals surface area contributed by atoms with Crippen molar-refractivity contribution in [2.75, 3.05) is 13.1 Å². The van der Waals surface area contributed by atoms with Crippen molar-refractivity contribution in [3.8, 4) is 0 Å². The van der Waals surface area contributed by atoms with Crippen LogP contribution in [0, 0.1) is 0 Å². The van der Waals surface area contributed by atoms with Crippen molar-refractivity contribution in [1.29, 1.82) is 0 Å². The zero-order chi connectivity index (χ0) is 16.8. The maximum Gasteiger partial charge on any atom is 0.271 e. The third kappa shape index (κ3) is 2.40. The fourth-order valence-corrected chi connectivity index (χ4v) is 3.94. The normalized spacial score (nSPS) is 18.0. The number of nitrogens with zero attached hydrogens (tertiary/aromatic N) is 6. The molecule has 8 nitrogen and oxygen atoms in total. The highest BCUT2D eigenvalue weighted by Crippen LogP contribution is 2.28. The Morgan fingerprint density at radius 2 is 2.08 bits per heavy atom. The van der Waals surface area contributed by atoms with Crippen LogP contribution >= 0.6 is 0 Å². The minimum atomic E-state index is 0.0120. The number of nitrogens with one attached hydrogen (secondary N) is 1. The van der Waals surface area contributed by atoms with Gasteiger partial charge in [-0.05, 0) is 49.8 Å². The molecule has 0 atom stereocenters. The molecule has 1 N–H and O–H groups in total. The third-order valence-corrected chi connectivity index (χ3v) is 5.32. The van der Waals surface area contributed by atoms with Gasteiger partial charge in [0.1, 0.15) is 5.69 Å². The Hall–Kier alpha value is -2.77. The van der Waals surface area contributed by atoms with Crippen molar-refractivity contribution < 1.29 is 4.79 Å². The summed E-state index contributed by atoms with van der Waals surface area (Å²) in [5.41, 5.74) is 3.88. The van der Waals surface area contributed by atoms with Crippen LogP contribution in [-0.4, -0.2) is 53.9 Å². The van der Waals surface area contributed by atoms with Crippen LogP contribution in [0.5, 0.6) is 0 Å². The number of rotatable bonds is 2. The molecule has 128 valence electrons. The van der Waals surface area contributed by atoms with Crippen molar-refractivity contribution in [2.45, 2.75) is 38.0 Å². The van der Waals surface area contributed by atoms with Gasteiger partial charge in [-0.3, -0.25) is 9.89 Å². The second-order valence-corrected chi connectivity index (χ2v) is 6.83. The number of H-pyrrole nitrogens is 1. The molecular formula is C17H19N7O. The lowest BCUT2D eigenvalue weighted by molar-refractivity contribution is 0.0704. The quantitative estimate of drug-likeness (QED) is 0.762. The van der Waals surface area contributed by atoms with Crippen LogP contribution < -0.4 is 0 Å². The molecule has 8 heteroatoms. The highest BCUT2D eigenvalue weighted by molar-refractivity contribution is 5.92. The van der Waals surface area contributed by atoms with Crippen LogP contribution in [0.1, 0.15) is 52.8 Å². The second-order valence-electron chi connectivity index (χ2n) is 6.83. The third-order valence-electron chi connectivity index (χ3n) is 5.32. The van der Waals surface area contributed by atoms with Gasteiger partial charge in [0.25, 0.3) is 5.91 Å². The van der Waals surface area contributed by atoms with Crippen LogP contribution in [0.3, 0.4) is 0 Å². The number of aromatic amines is 1. The first-order chi connectivity index (χ1) is 12.3. The van der Waals surface area contributed by atoms with E-state index in [4.69, 9.17) is 5.10 Å². The average Bonchev–Trinajstić information content (AvgIpc) is 3.39. The van der Waals surface area contributed by atoms with E-state index in [9.17, 15) is 4.79 Å². The Bertz CT molecular complexity index is 922. The van der Waals surface area contributed by atoms with Gasteiger partial charge in [-0.15, -0.1) is 10.2 Å². The topological polar surface area (TPSA) is 92.1 Å². The molecule has 5 rings (SSSR count). The molecule has 25 heavy (non-hydrogen) atoms. The van der Waals surface area contributed by atoms with Crippen molar-refractivity contribution in [2.24, 2.45) is 0 Å². The number of carbonyl (C=O) groups excluding carboxylic acids is 1. The van der Waals surface area contributed by atoms with E-state index in [1.54, 1.807) is 12.3 Å². The first-order valence-electron chi connectivity index (χ1n) is 8.82. The van der Waals surface area contributed by atoms with Gasteiger partial charge in [0, 0.05) is 25.2 Å². The van der Waals surface area contributed by atoms with E-state index in [2.05, 4.69) is 26.5 Å². The zero-order valence-electron chi connectivity index (χ0n) is 13.9. The largest absolute Gasteiger partial charge is 0.337 e. The molecule has 1 aliphatic carbocycles. The zero-order valence-corrected chi connectivity index (χ0v) is 13.9. The molecule has 4 heterocycles. The van der Waals surface area contributed by atoms with Gasteiger partial charge < -0.3 is 4.90 Å². The smallest absolute Gasteiger partial charge is 0.271 e. The summed E-state index contributed by atoms with van der Waals surface area (Å²) in [6, 6.07) is 3.84.